The minimum Gasteiger partial charge on any atom is -0.344 e. The van der Waals surface area contributed by atoms with Crippen molar-refractivity contribution >= 4 is 0 Å². The van der Waals surface area contributed by atoms with E-state index in [1.165, 1.54) is 148 Å². The van der Waals surface area contributed by atoms with Crippen LogP contribution in [0.25, 0.3) is 0 Å². The summed E-state index contributed by atoms with van der Waals surface area (Å²) in [5, 5.41) is 0. The largest absolute Gasteiger partial charge is 0.344 e. The van der Waals surface area contributed by atoms with Crippen LogP contribution in [-0.4, -0.2) is 43.0 Å². The molecule has 266 valence electrons. The Morgan fingerprint density at radius 3 is 1.22 bits per heavy atom. The lowest BCUT2D eigenvalue weighted by Gasteiger charge is -2.36. The van der Waals surface area contributed by atoms with Gasteiger partial charge in [-0.1, -0.05) is 146 Å². The molecule has 0 saturated carbocycles. The van der Waals surface area contributed by atoms with Gasteiger partial charge in [0.05, 0.1) is 12.2 Å². The molecular weight excluding hydrogens is 562 g/mol. The normalized spacial score (nSPS) is 20.6. The van der Waals surface area contributed by atoms with Crippen LogP contribution >= 0.6 is 0 Å². The van der Waals surface area contributed by atoms with Gasteiger partial charge in [0.15, 0.2) is 5.79 Å². The van der Waals surface area contributed by atoms with E-state index in [1.807, 2.05) is 0 Å². The summed E-state index contributed by atoms with van der Waals surface area (Å²) in [6, 6.07) is 0. The highest BCUT2D eigenvalue weighted by molar-refractivity contribution is 4.94. The summed E-state index contributed by atoms with van der Waals surface area (Å²) in [4.78, 5) is 2.42. The van der Waals surface area contributed by atoms with Gasteiger partial charge in [-0.25, -0.2) is 0 Å². The van der Waals surface area contributed by atoms with E-state index in [1.54, 1.807) is 0 Å². The summed E-state index contributed by atoms with van der Waals surface area (Å²) in [6.45, 7) is 6.72. The molecule has 2 fully saturated rings. The molecule has 2 aliphatic rings. The summed E-state index contributed by atoms with van der Waals surface area (Å²) in [6.07, 6.45) is 53.8. The SMILES string of the molecule is CCCCC/C=C\C/C=C\CCCCCCCC[C@H]1OC2(CCN(C)CC2)O[C@@H]1CCCCCCC/C=C\C/C=C\CCCCC. The predicted octanol–water partition coefficient (Wildman–Crippen LogP) is 13.2. The topological polar surface area (TPSA) is 21.7 Å². The van der Waals surface area contributed by atoms with Crippen molar-refractivity contribution in [3.05, 3.63) is 48.6 Å². The fraction of sp³-hybridized carbons (Fsp3) is 0.814. The van der Waals surface area contributed by atoms with Gasteiger partial charge in [0.25, 0.3) is 0 Å². The highest BCUT2D eigenvalue weighted by Crippen LogP contribution is 2.40. The Bertz CT molecular complexity index is 791. The van der Waals surface area contributed by atoms with Crippen molar-refractivity contribution in [3.63, 3.8) is 0 Å². The third kappa shape index (κ3) is 20.9. The van der Waals surface area contributed by atoms with Gasteiger partial charge in [-0.2, -0.15) is 0 Å². The molecule has 2 aliphatic heterocycles. The van der Waals surface area contributed by atoms with Crippen LogP contribution in [0.15, 0.2) is 48.6 Å². The Hall–Kier alpha value is -1.16. The lowest BCUT2D eigenvalue weighted by Crippen LogP contribution is -2.44. The first kappa shape index (κ1) is 41.0. The predicted molar refractivity (Wildman–Crippen MR) is 203 cm³/mol. The monoisotopic (exact) mass is 640 g/mol. The first-order chi connectivity index (χ1) is 22.7. The average Bonchev–Trinajstić information content (AvgIpc) is 3.40. The van der Waals surface area contributed by atoms with E-state index in [-0.39, 0.29) is 5.79 Å². The standard InChI is InChI=1S/C43H77NO2/c1-4-6-8-10-12-14-16-18-20-22-24-26-28-30-32-34-36-42-41(45-43(46-42)37-39-44(3)40-38-43)35-33-31-29-27-25-23-21-19-17-15-13-11-9-7-5-2/h12-15,18-21,41-42H,4-11,16-17,22-40H2,1-3H3/b14-12-,15-13-,20-18-,21-19-/t41-,42-/m1/s1. The molecule has 2 atom stereocenters. The van der Waals surface area contributed by atoms with Gasteiger partial charge in [-0.05, 0) is 84.1 Å². The van der Waals surface area contributed by atoms with Crippen LogP contribution in [0.2, 0.25) is 0 Å². The first-order valence-corrected chi connectivity index (χ1v) is 20.3. The molecule has 1 spiro atoms. The molecule has 0 radical (unpaired) electrons. The zero-order valence-electron chi connectivity index (χ0n) is 31.0. The van der Waals surface area contributed by atoms with Crippen molar-refractivity contribution in [2.75, 3.05) is 20.1 Å². The summed E-state index contributed by atoms with van der Waals surface area (Å²) in [5.74, 6) is -0.294. The second kappa shape index (κ2) is 28.8. The van der Waals surface area contributed by atoms with Gasteiger partial charge in [-0.3, -0.25) is 0 Å². The number of likely N-dealkylation sites (tertiary alicyclic amines) is 1. The number of unbranched alkanes of at least 4 members (excludes halogenated alkanes) is 17. The second-order valence-electron chi connectivity index (χ2n) is 14.4. The van der Waals surface area contributed by atoms with Gasteiger partial charge in [0.2, 0.25) is 0 Å². The maximum absolute atomic E-state index is 6.78. The Morgan fingerprint density at radius 1 is 0.478 bits per heavy atom. The van der Waals surface area contributed by atoms with Crippen molar-refractivity contribution < 1.29 is 9.47 Å². The van der Waals surface area contributed by atoms with Crippen LogP contribution in [0.5, 0.6) is 0 Å². The summed E-state index contributed by atoms with van der Waals surface area (Å²) >= 11 is 0. The zero-order valence-corrected chi connectivity index (χ0v) is 31.0. The first-order valence-electron chi connectivity index (χ1n) is 20.3. The number of hydrogen-bond donors (Lipinski definition) is 0. The lowest BCUT2D eigenvalue weighted by molar-refractivity contribution is -0.200. The molecule has 0 aromatic rings. The molecule has 0 aromatic carbocycles. The van der Waals surface area contributed by atoms with Crippen LogP contribution < -0.4 is 0 Å². The number of allylic oxidation sites excluding steroid dienone is 8. The summed E-state index contributed by atoms with van der Waals surface area (Å²) < 4.78 is 13.6. The van der Waals surface area contributed by atoms with E-state index < -0.39 is 0 Å². The summed E-state index contributed by atoms with van der Waals surface area (Å²) in [5.41, 5.74) is 0. The molecule has 0 aromatic heterocycles. The molecule has 0 amide bonds. The van der Waals surface area contributed by atoms with Crippen LogP contribution in [0, 0.1) is 0 Å². The number of nitrogens with zero attached hydrogens (tertiary/aromatic N) is 1. The Kier molecular flexibility index (Phi) is 25.7. The van der Waals surface area contributed by atoms with E-state index >= 15 is 0 Å². The van der Waals surface area contributed by atoms with Crippen molar-refractivity contribution in [1.82, 2.24) is 4.90 Å². The number of hydrogen-bond acceptors (Lipinski definition) is 3. The fourth-order valence-electron chi connectivity index (χ4n) is 6.91. The van der Waals surface area contributed by atoms with Gasteiger partial charge < -0.3 is 14.4 Å². The Balaban J connectivity index is 1.53. The van der Waals surface area contributed by atoms with E-state index in [9.17, 15) is 0 Å². The second-order valence-corrected chi connectivity index (χ2v) is 14.4. The molecule has 46 heavy (non-hydrogen) atoms. The molecule has 0 unspecified atom stereocenters. The molecule has 2 saturated heterocycles. The quantitative estimate of drug-likeness (QED) is 0.0600. The van der Waals surface area contributed by atoms with Crippen molar-refractivity contribution in [3.8, 4) is 0 Å². The maximum atomic E-state index is 6.78. The van der Waals surface area contributed by atoms with Crippen LogP contribution in [0.4, 0.5) is 0 Å². The smallest absolute Gasteiger partial charge is 0.171 e. The Morgan fingerprint density at radius 2 is 0.826 bits per heavy atom. The highest BCUT2D eigenvalue weighted by Gasteiger charge is 2.47. The zero-order chi connectivity index (χ0) is 32.8. The maximum Gasteiger partial charge on any atom is 0.171 e. The minimum atomic E-state index is -0.294. The van der Waals surface area contributed by atoms with Gasteiger partial charge >= 0.3 is 0 Å². The highest BCUT2D eigenvalue weighted by atomic mass is 16.8. The van der Waals surface area contributed by atoms with Crippen LogP contribution in [0.1, 0.15) is 187 Å². The van der Waals surface area contributed by atoms with Crippen molar-refractivity contribution in [1.29, 1.82) is 0 Å². The molecule has 3 nitrogen and oxygen atoms in total. The van der Waals surface area contributed by atoms with Crippen molar-refractivity contribution in [2.24, 2.45) is 0 Å². The molecule has 0 bridgehead atoms. The molecule has 3 heteroatoms. The van der Waals surface area contributed by atoms with Gasteiger partial charge in [0.1, 0.15) is 0 Å². The average molecular weight is 640 g/mol. The third-order valence-corrected chi connectivity index (χ3v) is 10.0. The minimum absolute atomic E-state index is 0.294. The van der Waals surface area contributed by atoms with Crippen molar-refractivity contribution in [2.45, 2.75) is 205 Å². The van der Waals surface area contributed by atoms with E-state index in [4.69, 9.17) is 9.47 Å². The van der Waals surface area contributed by atoms with Crippen LogP contribution in [-0.2, 0) is 9.47 Å². The molecular formula is C43H77NO2. The number of rotatable bonds is 29. The van der Waals surface area contributed by atoms with E-state index in [0.717, 1.165) is 38.8 Å². The van der Waals surface area contributed by atoms with Crippen LogP contribution in [0.3, 0.4) is 0 Å². The molecule has 2 rings (SSSR count). The third-order valence-electron chi connectivity index (χ3n) is 10.0. The summed E-state index contributed by atoms with van der Waals surface area (Å²) in [7, 11) is 2.23. The molecule has 0 N–H and O–H groups in total. The number of piperidine rings is 1. The molecule has 0 aliphatic carbocycles. The van der Waals surface area contributed by atoms with Gasteiger partial charge in [-0.15, -0.1) is 0 Å². The molecule has 2 heterocycles. The van der Waals surface area contributed by atoms with E-state index in [2.05, 4.69) is 74.4 Å². The van der Waals surface area contributed by atoms with E-state index in [0.29, 0.717) is 12.2 Å². The lowest BCUT2D eigenvalue weighted by atomic mass is 9.99. The number of ether oxygens (including phenoxy) is 2. The van der Waals surface area contributed by atoms with Gasteiger partial charge in [0, 0.05) is 25.9 Å². The fourth-order valence-corrected chi connectivity index (χ4v) is 6.91. The Labute approximate surface area is 287 Å².